The van der Waals surface area contributed by atoms with Gasteiger partial charge >= 0.3 is 0 Å². The minimum atomic E-state index is 0.0419. The van der Waals surface area contributed by atoms with Crippen molar-refractivity contribution >= 4 is 22.4 Å². The van der Waals surface area contributed by atoms with Gasteiger partial charge in [-0.05, 0) is 54.9 Å². The van der Waals surface area contributed by atoms with E-state index >= 15 is 0 Å². The first-order chi connectivity index (χ1) is 12.3. The van der Waals surface area contributed by atoms with Gasteiger partial charge in [0.25, 0.3) is 0 Å². The van der Waals surface area contributed by atoms with Crippen LogP contribution in [-0.4, -0.2) is 42.9 Å². The maximum absolute atomic E-state index is 12.5. The highest BCUT2D eigenvalue weighted by atomic mass is 32.1. The van der Waals surface area contributed by atoms with Crippen molar-refractivity contribution in [3.05, 3.63) is 11.3 Å². The average Bonchev–Trinajstić information content (AvgIpc) is 3.38. The molecule has 2 aliphatic rings. The van der Waals surface area contributed by atoms with Gasteiger partial charge in [-0.15, -0.1) is 15.3 Å². The molecule has 134 valence electrons. The second-order valence-electron chi connectivity index (χ2n) is 6.69. The Kier molecular flexibility index (Phi) is 4.97. The fourth-order valence-electron chi connectivity index (χ4n) is 3.53. The van der Waals surface area contributed by atoms with Crippen molar-refractivity contribution in [3.63, 3.8) is 0 Å². The van der Waals surface area contributed by atoms with Gasteiger partial charge in [-0.1, -0.05) is 11.3 Å². The van der Waals surface area contributed by atoms with Crippen LogP contribution in [0.5, 0.6) is 0 Å². The normalized spacial score (nSPS) is 26.6. The fraction of sp³-hybridized carbons (Fsp3) is 0.733. The van der Waals surface area contributed by atoms with Crippen molar-refractivity contribution in [2.75, 3.05) is 11.9 Å². The summed E-state index contributed by atoms with van der Waals surface area (Å²) >= 11 is 1.42. The van der Waals surface area contributed by atoms with Crippen LogP contribution in [0.2, 0.25) is 0 Å². The first kappa shape index (κ1) is 16.5. The Labute approximate surface area is 149 Å². The molecular weight excluding hydrogens is 342 g/mol. The molecule has 3 heterocycles. The molecule has 4 rings (SSSR count). The molecular formula is C15H21N7O2S. The second-order valence-corrected chi connectivity index (χ2v) is 7.69. The molecule has 1 atom stereocenters. The predicted molar refractivity (Wildman–Crippen MR) is 89.7 cm³/mol. The topological polar surface area (TPSA) is 108 Å². The quantitative estimate of drug-likeness (QED) is 0.863. The van der Waals surface area contributed by atoms with Crippen molar-refractivity contribution in [1.29, 1.82) is 0 Å². The van der Waals surface area contributed by atoms with Crippen LogP contribution in [0, 0.1) is 11.8 Å². The summed E-state index contributed by atoms with van der Waals surface area (Å²) in [6, 6.07) is 0. The van der Waals surface area contributed by atoms with Gasteiger partial charge in [0, 0.05) is 19.1 Å². The van der Waals surface area contributed by atoms with Crippen LogP contribution in [0.1, 0.15) is 49.6 Å². The molecule has 0 bridgehead atoms. The van der Waals surface area contributed by atoms with Gasteiger partial charge in [-0.3, -0.25) is 4.79 Å². The number of aromatic nitrogens is 6. The summed E-state index contributed by atoms with van der Waals surface area (Å²) in [5.41, 5.74) is 0. The largest absolute Gasteiger partial charge is 0.371 e. The fourth-order valence-corrected chi connectivity index (χ4v) is 4.36. The van der Waals surface area contributed by atoms with Gasteiger partial charge in [0.2, 0.25) is 11.0 Å². The number of ether oxygens (including phenoxy) is 1. The van der Waals surface area contributed by atoms with Crippen LogP contribution >= 0.6 is 11.3 Å². The Hall–Kier alpha value is -1.94. The van der Waals surface area contributed by atoms with Crippen molar-refractivity contribution in [2.24, 2.45) is 11.8 Å². The summed E-state index contributed by atoms with van der Waals surface area (Å²) in [7, 11) is 0. The van der Waals surface area contributed by atoms with E-state index < -0.39 is 0 Å². The number of carbonyl (C=O) groups is 1. The van der Waals surface area contributed by atoms with Crippen LogP contribution in [-0.2, 0) is 16.1 Å². The minimum Gasteiger partial charge on any atom is -0.371 e. The Morgan fingerprint density at radius 2 is 2.16 bits per heavy atom. The first-order valence-corrected chi connectivity index (χ1v) is 9.56. The van der Waals surface area contributed by atoms with E-state index in [1.54, 1.807) is 11.0 Å². The monoisotopic (exact) mass is 363 g/mol. The lowest BCUT2D eigenvalue weighted by atomic mass is 9.81. The summed E-state index contributed by atoms with van der Waals surface area (Å²) in [6.45, 7) is 1.60. The van der Waals surface area contributed by atoms with E-state index in [-0.39, 0.29) is 17.9 Å². The van der Waals surface area contributed by atoms with Crippen molar-refractivity contribution in [2.45, 2.75) is 51.2 Å². The highest BCUT2D eigenvalue weighted by Crippen LogP contribution is 2.33. The third-order valence-electron chi connectivity index (χ3n) is 4.93. The average molecular weight is 363 g/mol. The van der Waals surface area contributed by atoms with Crippen molar-refractivity contribution < 1.29 is 9.53 Å². The van der Waals surface area contributed by atoms with E-state index in [2.05, 4.69) is 31.0 Å². The molecule has 1 N–H and O–H groups in total. The zero-order chi connectivity index (χ0) is 17.1. The number of nitrogens with zero attached hydrogens (tertiary/aromatic N) is 6. The van der Waals surface area contributed by atoms with Crippen LogP contribution in [0.25, 0.3) is 0 Å². The van der Waals surface area contributed by atoms with Gasteiger partial charge < -0.3 is 10.1 Å². The zero-order valence-electron chi connectivity index (χ0n) is 13.9. The van der Waals surface area contributed by atoms with Crippen LogP contribution in [0.4, 0.5) is 5.13 Å². The van der Waals surface area contributed by atoms with Gasteiger partial charge in [0.15, 0.2) is 0 Å². The number of hydrogen-bond donors (Lipinski definition) is 1. The molecule has 2 aromatic heterocycles. The molecule has 0 radical (unpaired) electrons. The summed E-state index contributed by atoms with van der Waals surface area (Å²) in [5.74, 6) is 0.622. The van der Waals surface area contributed by atoms with Gasteiger partial charge in [0.05, 0.1) is 0 Å². The maximum Gasteiger partial charge on any atom is 0.229 e. The first-order valence-electron chi connectivity index (χ1n) is 8.74. The van der Waals surface area contributed by atoms with Gasteiger partial charge in [0.1, 0.15) is 17.4 Å². The smallest absolute Gasteiger partial charge is 0.229 e. The van der Waals surface area contributed by atoms with E-state index in [1.165, 1.54) is 11.3 Å². The lowest BCUT2D eigenvalue weighted by molar-refractivity contribution is -0.121. The Morgan fingerprint density at radius 1 is 1.28 bits per heavy atom. The Balaban J connectivity index is 1.26. The number of anilines is 1. The lowest BCUT2D eigenvalue weighted by Gasteiger charge is -2.27. The third kappa shape index (κ3) is 4.01. The summed E-state index contributed by atoms with van der Waals surface area (Å²) in [6.07, 6.45) is 7.51. The van der Waals surface area contributed by atoms with Crippen LogP contribution < -0.4 is 5.32 Å². The lowest BCUT2D eigenvalue weighted by Crippen LogP contribution is -2.28. The minimum absolute atomic E-state index is 0.0419. The number of nitrogens with one attached hydrogen (secondary N) is 1. The molecule has 0 aromatic carbocycles. The van der Waals surface area contributed by atoms with E-state index in [0.717, 1.165) is 56.7 Å². The Morgan fingerprint density at radius 3 is 2.88 bits per heavy atom. The van der Waals surface area contributed by atoms with E-state index in [0.29, 0.717) is 11.0 Å². The van der Waals surface area contributed by atoms with Crippen molar-refractivity contribution in [1.82, 2.24) is 30.4 Å². The summed E-state index contributed by atoms with van der Waals surface area (Å²) in [5, 5.41) is 23.8. The predicted octanol–water partition coefficient (Wildman–Crippen LogP) is 1.82. The summed E-state index contributed by atoms with van der Waals surface area (Å²) < 4.78 is 7.37. The number of hydrogen-bond acceptors (Lipinski definition) is 8. The van der Waals surface area contributed by atoms with Crippen LogP contribution in [0.3, 0.4) is 0 Å². The number of amides is 1. The molecule has 1 amide bonds. The van der Waals surface area contributed by atoms with Crippen molar-refractivity contribution in [3.8, 4) is 0 Å². The standard InChI is InChI=1S/C15H21N7O2S/c23-13(17-15-19-18-14(25-15)12-2-1-7-24-12)11-5-3-10(4-6-11)8-22-9-16-20-21-22/h9-12H,1-8H2,(H,17,19,23)/t10?,11?,12-/m1/s1. The molecule has 1 saturated carbocycles. The zero-order valence-corrected chi connectivity index (χ0v) is 14.7. The Bertz CT molecular complexity index is 691. The maximum atomic E-state index is 12.5. The summed E-state index contributed by atoms with van der Waals surface area (Å²) in [4.78, 5) is 12.5. The number of tetrazole rings is 1. The highest BCUT2D eigenvalue weighted by Gasteiger charge is 2.28. The molecule has 0 unspecified atom stereocenters. The van der Waals surface area contributed by atoms with Crippen LogP contribution in [0.15, 0.2) is 6.33 Å². The third-order valence-corrected chi connectivity index (χ3v) is 5.86. The molecule has 10 heteroatoms. The van der Waals surface area contributed by atoms with Gasteiger partial charge in [-0.25, -0.2) is 4.68 Å². The second kappa shape index (κ2) is 7.52. The molecule has 1 aliphatic heterocycles. The van der Waals surface area contributed by atoms with E-state index in [9.17, 15) is 4.79 Å². The molecule has 0 spiro atoms. The molecule has 25 heavy (non-hydrogen) atoms. The molecule has 2 fully saturated rings. The van der Waals surface area contributed by atoms with Gasteiger partial charge in [-0.2, -0.15) is 0 Å². The molecule has 2 aromatic rings. The SMILES string of the molecule is O=C(Nc1nnc([C@H]2CCCO2)s1)C1CCC(Cn2cnnn2)CC1. The molecule has 1 aliphatic carbocycles. The molecule has 9 nitrogen and oxygen atoms in total. The van der Waals surface area contributed by atoms with E-state index in [1.807, 2.05) is 0 Å². The van der Waals surface area contributed by atoms with E-state index in [4.69, 9.17) is 4.74 Å². The molecule has 1 saturated heterocycles. The number of rotatable bonds is 5. The highest BCUT2D eigenvalue weighted by molar-refractivity contribution is 7.15. The number of carbonyl (C=O) groups excluding carboxylic acids is 1.